The van der Waals surface area contributed by atoms with Gasteiger partial charge in [0.2, 0.25) is 5.91 Å². The molecule has 0 saturated heterocycles. The van der Waals surface area contributed by atoms with Crippen LogP contribution in [0.5, 0.6) is 11.5 Å². The highest BCUT2D eigenvalue weighted by Crippen LogP contribution is 2.32. The highest BCUT2D eigenvalue weighted by atomic mass is 16.5. The van der Waals surface area contributed by atoms with Gasteiger partial charge < -0.3 is 14.8 Å². The smallest absolute Gasteiger partial charge is 0.228 e. The Morgan fingerprint density at radius 3 is 2.86 bits per heavy atom. The summed E-state index contributed by atoms with van der Waals surface area (Å²) >= 11 is 0. The molecule has 4 nitrogen and oxygen atoms in total. The van der Waals surface area contributed by atoms with Gasteiger partial charge in [0.15, 0.2) is 0 Å². The number of hydrogen-bond donors (Lipinski definition) is 1. The van der Waals surface area contributed by atoms with Gasteiger partial charge in [0.25, 0.3) is 0 Å². The van der Waals surface area contributed by atoms with E-state index >= 15 is 0 Å². The molecule has 1 amide bonds. The van der Waals surface area contributed by atoms with Crippen LogP contribution in [0.2, 0.25) is 0 Å². The number of benzene rings is 2. The molecule has 0 saturated carbocycles. The lowest BCUT2D eigenvalue weighted by molar-refractivity contribution is -0.117. The molecule has 1 aliphatic heterocycles. The first-order chi connectivity index (χ1) is 10.2. The first-order valence-corrected chi connectivity index (χ1v) is 6.98. The van der Waals surface area contributed by atoms with E-state index in [1.165, 1.54) is 0 Å². The molecule has 3 rings (SSSR count). The molecule has 108 valence electrons. The Bertz CT molecular complexity index is 640. The van der Waals surface area contributed by atoms with Crippen LogP contribution in [0.1, 0.15) is 18.9 Å². The minimum Gasteiger partial charge on any atom is -0.489 e. The maximum Gasteiger partial charge on any atom is 0.228 e. The zero-order valence-electron chi connectivity index (χ0n) is 11.8. The van der Waals surface area contributed by atoms with E-state index in [4.69, 9.17) is 9.47 Å². The van der Waals surface area contributed by atoms with Crippen molar-refractivity contribution in [1.82, 2.24) is 0 Å². The van der Waals surface area contributed by atoms with Gasteiger partial charge in [-0.05, 0) is 24.6 Å². The van der Waals surface area contributed by atoms with Crippen LogP contribution >= 0.6 is 0 Å². The summed E-state index contributed by atoms with van der Waals surface area (Å²) in [4.78, 5) is 11.6. The molecule has 1 aliphatic rings. The van der Waals surface area contributed by atoms with E-state index in [1.54, 1.807) is 0 Å². The van der Waals surface area contributed by atoms with Gasteiger partial charge in [-0.15, -0.1) is 0 Å². The van der Waals surface area contributed by atoms with E-state index in [0.717, 1.165) is 11.3 Å². The van der Waals surface area contributed by atoms with Crippen molar-refractivity contribution in [3.05, 3.63) is 54.1 Å². The van der Waals surface area contributed by atoms with Crippen LogP contribution in [0.25, 0.3) is 0 Å². The molecule has 2 aromatic carbocycles. The van der Waals surface area contributed by atoms with E-state index < -0.39 is 0 Å². The third-order valence-electron chi connectivity index (χ3n) is 3.28. The summed E-state index contributed by atoms with van der Waals surface area (Å²) in [6, 6.07) is 15.4. The van der Waals surface area contributed by atoms with Gasteiger partial charge in [0.1, 0.15) is 24.2 Å². The van der Waals surface area contributed by atoms with Crippen molar-refractivity contribution in [2.75, 3.05) is 5.32 Å². The quantitative estimate of drug-likeness (QED) is 0.939. The molecule has 0 radical (unpaired) electrons. The average Bonchev–Trinajstić information content (AvgIpc) is 2.62. The largest absolute Gasteiger partial charge is 0.489 e. The summed E-state index contributed by atoms with van der Waals surface area (Å²) in [5.41, 5.74) is 1.80. The van der Waals surface area contributed by atoms with Crippen molar-refractivity contribution in [2.24, 2.45) is 0 Å². The summed E-state index contributed by atoms with van der Waals surface area (Å²) in [5, 5.41) is 2.83. The highest BCUT2D eigenvalue weighted by molar-refractivity contribution is 5.93. The predicted octanol–water partition coefficient (Wildman–Crippen LogP) is 3.38. The number of carbonyl (C=O) groups excluding carboxylic acids is 1. The normalized spacial score (nSPS) is 17.2. The second-order valence-electron chi connectivity index (χ2n) is 5.11. The fourth-order valence-electron chi connectivity index (χ4n) is 2.25. The fourth-order valence-corrected chi connectivity index (χ4v) is 2.25. The van der Waals surface area contributed by atoms with E-state index in [0.29, 0.717) is 24.5 Å². The maximum atomic E-state index is 11.6. The molecule has 1 N–H and O–H groups in total. The average molecular weight is 283 g/mol. The van der Waals surface area contributed by atoms with Crippen molar-refractivity contribution in [3.63, 3.8) is 0 Å². The monoisotopic (exact) mass is 283 g/mol. The Labute approximate surface area is 123 Å². The summed E-state index contributed by atoms with van der Waals surface area (Å²) in [5.74, 6) is 1.35. The standard InChI is InChI=1S/C17H17NO3/c1-12-9-17(19)18-15-8-7-14(10-16(15)21-12)20-11-13-5-3-2-4-6-13/h2-8,10,12H,9,11H2,1H3,(H,18,19)/t12-/m1/s1. The van der Waals surface area contributed by atoms with Crippen LogP contribution < -0.4 is 14.8 Å². The summed E-state index contributed by atoms with van der Waals surface area (Å²) < 4.78 is 11.5. The van der Waals surface area contributed by atoms with Gasteiger partial charge in [-0.25, -0.2) is 0 Å². The summed E-state index contributed by atoms with van der Waals surface area (Å²) in [6.07, 6.45) is 0.213. The first-order valence-electron chi connectivity index (χ1n) is 6.98. The Balaban J connectivity index is 1.75. The van der Waals surface area contributed by atoms with Crippen LogP contribution in [-0.2, 0) is 11.4 Å². The van der Waals surface area contributed by atoms with Crippen molar-refractivity contribution < 1.29 is 14.3 Å². The molecule has 1 atom stereocenters. The highest BCUT2D eigenvalue weighted by Gasteiger charge is 2.19. The molecule has 4 heteroatoms. The van der Waals surface area contributed by atoms with Gasteiger partial charge in [-0.3, -0.25) is 4.79 Å². The Morgan fingerprint density at radius 1 is 1.24 bits per heavy atom. The number of nitrogens with one attached hydrogen (secondary N) is 1. The molecule has 0 aliphatic carbocycles. The number of hydrogen-bond acceptors (Lipinski definition) is 3. The first kappa shape index (κ1) is 13.5. The number of anilines is 1. The second-order valence-corrected chi connectivity index (χ2v) is 5.11. The number of rotatable bonds is 3. The number of ether oxygens (including phenoxy) is 2. The molecule has 1 heterocycles. The molecule has 0 spiro atoms. The Kier molecular flexibility index (Phi) is 3.77. The lowest BCUT2D eigenvalue weighted by Crippen LogP contribution is -2.17. The van der Waals surface area contributed by atoms with Crippen LogP contribution in [0, 0.1) is 0 Å². The minimum absolute atomic E-state index is 0.0285. The minimum atomic E-state index is -0.143. The van der Waals surface area contributed by atoms with Gasteiger partial charge in [0, 0.05) is 6.07 Å². The van der Waals surface area contributed by atoms with Crippen LogP contribution in [-0.4, -0.2) is 12.0 Å². The van der Waals surface area contributed by atoms with Crippen LogP contribution in [0.3, 0.4) is 0 Å². The Hall–Kier alpha value is -2.49. The zero-order valence-corrected chi connectivity index (χ0v) is 11.8. The molecule has 2 aromatic rings. The number of amides is 1. The van der Waals surface area contributed by atoms with Gasteiger partial charge in [-0.2, -0.15) is 0 Å². The molecular weight excluding hydrogens is 266 g/mol. The van der Waals surface area contributed by atoms with Gasteiger partial charge >= 0.3 is 0 Å². The SMILES string of the molecule is C[C@@H]1CC(=O)Nc2ccc(OCc3ccccc3)cc2O1. The molecule has 0 bridgehead atoms. The molecule has 21 heavy (non-hydrogen) atoms. The molecular formula is C17H17NO3. The van der Waals surface area contributed by atoms with Crippen molar-refractivity contribution >= 4 is 11.6 Å². The lowest BCUT2D eigenvalue weighted by atomic mass is 10.2. The second kappa shape index (κ2) is 5.87. The predicted molar refractivity (Wildman–Crippen MR) is 80.6 cm³/mol. The summed E-state index contributed by atoms with van der Waals surface area (Å²) in [6.45, 7) is 2.38. The van der Waals surface area contributed by atoms with Crippen molar-refractivity contribution in [1.29, 1.82) is 0 Å². The lowest BCUT2D eigenvalue weighted by Gasteiger charge is -2.13. The van der Waals surface area contributed by atoms with E-state index in [-0.39, 0.29) is 12.0 Å². The molecule has 0 fully saturated rings. The van der Waals surface area contributed by atoms with E-state index in [2.05, 4.69) is 5.32 Å². The third kappa shape index (κ3) is 3.34. The maximum absolute atomic E-state index is 11.6. The van der Waals surface area contributed by atoms with E-state index in [9.17, 15) is 4.79 Å². The fraction of sp³-hybridized carbons (Fsp3) is 0.235. The zero-order chi connectivity index (χ0) is 14.7. The third-order valence-corrected chi connectivity index (χ3v) is 3.28. The molecule has 0 unspecified atom stereocenters. The molecule has 0 aromatic heterocycles. The Morgan fingerprint density at radius 2 is 2.05 bits per heavy atom. The topological polar surface area (TPSA) is 47.6 Å². The van der Waals surface area contributed by atoms with E-state index in [1.807, 2.05) is 55.5 Å². The van der Waals surface area contributed by atoms with Gasteiger partial charge in [-0.1, -0.05) is 30.3 Å². The summed E-state index contributed by atoms with van der Waals surface area (Å²) in [7, 11) is 0. The number of fused-ring (bicyclic) bond motifs is 1. The van der Waals surface area contributed by atoms with Crippen molar-refractivity contribution in [2.45, 2.75) is 26.1 Å². The van der Waals surface area contributed by atoms with Crippen LogP contribution in [0.4, 0.5) is 5.69 Å². The van der Waals surface area contributed by atoms with Crippen LogP contribution in [0.15, 0.2) is 48.5 Å². The van der Waals surface area contributed by atoms with Gasteiger partial charge in [0.05, 0.1) is 12.1 Å². The van der Waals surface area contributed by atoms with Crippen molar-refractivity contribution in [3.8, 4) is 11.5 Å². The number of carbonyl (C=O) groups is 1.